The number of imide groups is 3. The van der Waals surface area contributed by atoms with Gasteiger partial charge in [-0.3, -0.25) is 43.5 Å². The predicted octanol–water partition coefficient (Wildman–Crippen LogP) is 5.70. The average Bonchev–Trinajstić information content (AvgIpc) is 3.88. The number of amides is 6. The van der Waals surface area contributed by atoms with Crippen molar-refractivity contribution in [2.24, 2.45) is 11.5 Å². The summed E-state index contributed by atoms with van der Waals surface area (Å²) in [6.45, 7) is 13.9. The maximum atomic E-state index is 12.6. The van der Waals surface area contributed by atoms with Crippen molar-refractivity contribution in [2.45, 2.75) is 51.4 Å². The molecule has 3 aliphatic rings. The van der Waals surface area contributed by atoms with Crippen molar-refractivity contribution >= 4 is 51.4 Å². The summed E-state index contributed by atoms with van der Waals surface area (Å²) in [5, 5.41) is 0.792. The first-order valence-corrected chi connectivity index (χ1v) is 29.2. The van der Waals surface area contributed by atoms with Crippen molar-refractivity contribution in [2.75, 3.05) is 188 Å². The Labute approximate surface area is 477 Å². The largest absolute Gasteiger partial charge is 0.330 e. The first kappa shape index (κ1) is 67.5. The molecule has 0 aliphatic carbocycles. The van der Waals surface area contributed by atoms with Gasteiger partial charge in [0.25, 0.3) is 35.4 Å². The van der Waals surface area contributed by atoms with E-state index in [1.54, 1.807) is 72.8 Å². The van der Waals surface area contributed by atoms with Crippen LogP contribution in [0.25, 0.3) is 0 Å². The molecule has 6 amide bonds. The molecule has 0 atom stereocenters. The molecule has 18 heteroatoms. The molecule has 17 nitrogen and oxygen atoms in total. The van der Waals surface area contributed by atoms with Crippen LogP contribution in [0.2, 0.25) is 0 Å². The number of halogens is 1. The molecule has 0 bridgehead atoms. The number of nitrogens with zero attached hydrogens (tertiary/aromatic N) is 9. The number of quaternary nitrogens is 4. The van der Waals surface area contributed by atoms with E-state index in [0.717, 1.165) is 101 Å². The molecular formula is C60H100BrN11O6+4. The van der Waals surface area contributed by atoms with Gasteiger partial charge >= 0.3 is 0 Å². The standard InChI is InChI=1S/C29H38N4O4.C13H34N4.C11H10BrNO2.C7H18N2/c1-32(2,18-9-16-30-26(34)22-12-5-6-13-23(22)27(30)35)20-11-21-33(3,4)19-10-17-31-28(36)24-14-7-8-15-25(24)29(31)37;1-16(2,10-5-8-14)12-7-13-17(3,4)11-6-9-15;12-6-3-7-13-10(14)8-4-1-2-5-9(8)11(13)15;1-8(2)6-5-7-9(3)4/h5-8,12-15H,9-11,16-21H2,1-4H3;5-15H2,1-4H3;1-2,4-5H,3,6-7H2;5-7H2,1-4H3/q2*+2;;. The number of fused-ring (bicyclic) bond motifs is 3. The highest BCUT2D eigenvalue weighted by atomic mass is 79.9. The molecule has 3 aromatic rings. The second-order valence-corrected chi connectivity index (χ2v) is 24.9. The van der Waals surface area contributed by atoms with E-state index in [9.17, 15) is 28.8 Å². The number of carbonyl (C=O) groups is 6. The lowest BCUT2D eigenvalue weighted by molar-refractivity contribution is -0.909. The average molecular weight is 1150 g/mol. The third-order valence-electron chi connectivity index (χ3n) is 14.6. The van der Waals surface area contributed by atoms with Gasteiger partial charge in [0.05, 0.1) is 142 Å². The van der Waals surface area contributed by atoms with E-state index in [1.807, 2.05) is 0 Å². The fraction of sp³-hybridized carbons (Fsp3) is 0.600. The van der Waals surface area contributed by atoms with Gasteiger partial charge in [-0.1, -0.05) is 52.3 Å². The molecule has 0 radical (unpaired) electrons. The second kappa shape index (κ2) is 32.5. The van der Waals surface area contributed by atoms with Crippen LogP contribution >= 0.6 is 15.9 Å². The van der Waals surface area contributed by atoms with Crippen LogP contribution in [0.4, 0.5) is 0 Å². The van der Waals surface area contributed by atoms with Crippen molar-refractivity contribution in [3.05, 3.63) is 106 Å². The van der Waals surface area contributed by atoms with E-state index in [2.05, 4.69) is 110 Å². The Morgan fingerprint density at radius 3 is 0.795 bits per heavy atom. The number of hydrogen-bond acceptors (Lipinski definition) is 10. The van der Waals surface area contributed by atoms with Crippen molar-refractivity contribution in [3.8, 4) is 0 Å². The van der Waals surface area contributed by atoms with Gasteiger partial charge in [-0.05, 0) is 104 Å². The lowest BCUT2D eigenvalue weighted by Gasteiger charge is -2.34. The van der Waals surface area contributed by atoms with E-state index in [1.165, 1.54) is 66.8 Å². The summed E-state index contributed by atoms with van der Waals surface area (Å²) in [7, 11) is 26.4. The van der Waals surface area contributed by atoms with E-state index in [0.29, 0.717) is 53.0 Å². The van der Waals surface area contributed by atoms with Gasteiger partial charge in [0.1, 0.15) is 0 Å². The third kappa shape index (κ3) is 22.1. The molecule has 4 N–H and O–H groups in total. The van der Waals surface area contributed by atoms with Gasteiger partial charge in [0.2, 0.25) is 0 Å². The normalized spacial score (nSPS) is 14.3. The summed E-state index contributed by atoms with van der Waals surface area (Å²) in [5.41, 5.74) is 14.2. The van der Waals surface area contributed by atoms with Crippen LogP contribution in [0.15, 0.2) is 72.8 Å². The summed E-state index contributed by atoms with van der Waals surface area (Å²) >= 11 is 3.28. The molecule has 0 saturated heterocycles. The van der Waals surface area contributed by atoms with Gasteiger partial charge in [-0.25, -0.2) is 0 Å². The second-order valence-electron chi connectivity index (χ2n) is 24.2. The molecule has 0 saturated carbocycles. The van der Waals surface area contributed by atoms with Gasteiger partial charge in [-0.2, -0.15) is 0 Å². The van der Waals surface area contributed by atoms with Gasteiger partial charge in [0.15, 0.2) is 0 Å². The highest BCUT2D eigenvalue weighted by molar-refractivity contribution is 9.09. The maximum absolute atomic E-state index is 12.6. The predicted molar refractivity (Wildman–Crippen MR) is 319 cm³/mol. The molecule has 0 spiro atoms. The number of rotatable bonds is 29. The zero-order chi connectivity index (χ0) is 58.3. The fourth-order valence-corrected chi connectivity index (χ4v) is 10.2. The molecule has 3 heterocycles. The molecule has 434 valence electrons. The Morgan fingerprint density at radius 2 is 0.577 bits per heavy atom. The Balaban J connectivity index is 0.000000322. The van der Waals surface area contributed by atoms with E-state index in [4.69, 9.17) is 11.5 Å². The first-order valence-electron chi connectivity index (χ1n) is 28.1. The Morgan fingerprint density at radius 1 is 0.359 bits per heavy atom. The number of alkyl halides is 1. The number of hydrogen-bond donors (Lipinski definition) is 2. The van der Waals surface area contributed by atoms with Gasteiger partial charge in [-0.15, -0.1) is 0 Å². The topological polar surface area (TPSA) is 171 Å². The van der Waals surface area contributed by atoms with Crippen LogP contribution in [0.1, 0.15) is 114 Å². The minimum absolute atomic E-state index is 0.170. The zero-order valence-corrected chi connectivity index (χ0v) is 51.5. The van der Waals surface area contributed by atoms with Crippen LogP contribution in [-0.4, -0.2) is 266 Å². The number of nitrogens with two attached hydrogens (primary N) is 2. The van der Waals surface area contributed by atoms with Crippen LogP contribution in [0.3, 0.4) is 0 Å². The van der Waals surface area contributed by atoms with Crippen molar-refractivity contribution in [1.29, 1.82) is 0 Å². The lowest BCUT2D eigenvalue weighted by atomic mass is 10.1. The highest BCUT2D eigenvalue weighted by Gasteiger charge is 2.37. The highest BCUT2D eigenvalue weighted by Crippen LogP contribution is 2.25. The van der Waals surface area contributed by atoms with E-state index in [-0.39, 0.29) is 35.4 Å². The van der Waals surface area contributed by atoms with Crippen LogP contribution in [0.5, 0.6) is 0 Å². The Bertz CT molecular complexity index is 2180. The zero-order valence-electron chi connectivity index (χ0n) is 49.9. The summed E-state index contributed by atoms with van der Waals surface area (Å²) in [5.74, 6) is -1.09. The molecule has 3 aliphatic heterocycles. The Kier molecular flexibility index (Phi) is 28.1. The quantitative estimate of drug-likeness (QED) is 0.0500. The van der Waals surface area contributed by atoms with Crippen molar-refractivity contribution < 1.29 is 46.7 Å². The summed E-state index contributed by atoms with van der Waals surface area (Å²) in [6.07, 6.45) is 8.12. The smallest absolute Gasteiger partial charge is 0.261 e. The number of carbonyl (C=O) groups excluding carboxylic acids is 6. The Hall–Kier alpha value is -4.76. The molecule has 0 unspecified atom stereocenters. The summed E-state index contributed by atoms with van der Waals surface area (Å²) < 4.78 is 3.82. The number of benzene rings is 3. The van der Waals surface area contributed by atoms with Gasteiger partial charge in [0, 0.05) is 63.5 Å². The van der Waals surface area contributed by atoms with E-state index >= 15 is 0 Å². The molecule has 3 aromatic carbocycles. The molecule has 0 fully saturated rings. The van der Waals surface area contributed by atoms with Crippen molar-refractivity contribution in [3.63, 3.8) is 0 Å². The fourth-order valence-electron chi connectivity index (χ4n) is 9.90. The molecule has 78 heavy (non-hydrogen) atoms. The minimum Gasteiger partial charge on any atom is -0.330 e. The third-order valence-corrected chi connectivity index (χ3v) is 15.2. The molecule has 0 aromatic heterocycles. The first-order chi connectivity index (χ1) is 36.7. The lowest BCUT2D eigenvalue weighted by Crippen LogP contribution is -2.47. The SMILES string of the molecule is CN(C)CCCN(C)C.C[N+](C)(CCCN)CCC[N+](C)(C)CCCN.C[N+](C)(CCCN1C(=O)c2ccccc2C1=O)CCC[N+](C)(C)CCCN1C(=O)c2ccccc2C1=O.O=C1c2ccccc2C(=O)N1CCCBr. The maximum Gasteiger partial charge on any atom is 0.261 e. The monoisotopic (exact) mass is 1150 g/mol. The van der Waals surface area contributed by atoms with Crippen LogP contribution in [0, 0.1) is 0 Å². The van der Waals surface area contributed by atoms with E-state index < -0.39 is 0 Å². The molecular weight excluding hydrogens is 1050 g/mol. The minimum atomic E-state index is -0.189. The van der Waals surface area contributed by atoms with Crippen LogP contribution in [-0.2, 0) is 0 Å². The van der Waals surface area contributed by atoms with Crippen LogP contribution < -0.4 is 11.5 Å². The summed E-state index contributed by atoms with van der Waals surface area (Å²) in [4.78, 5) is 82.4. The summed E-state index contributed by atoms with van der Waals surface area (Å²) in [6, 6.07) is 21.0. The van der Waals surface area contributed by atoms with Gasteiger partial charge < -0.3 is 39.2 Å². The molecule has 6 rings (SSSR count). The van der Waals surface area contributed by atoms with Crippen molar-refractivity contribution in [1.82, 2.24) is 24.5 Å².